The van der Waals surface area contributed by atoms with E-state index in [0.29, 0.717) is 16.8 Å². The first-order chi connectivity index (χ1) is 14.2. The Kier molecular flexibility index (Phi) is 6.27. The average molecular weight is 423 g/mol. The van der Waals surface area contributed by atoms with Gasteiger partial charge >= 0.3 is 0 Å². The van der Waals surface area contributed by atoms with Gasteiger partial charge in [0.05, 0.1) is 16.6 Å². The molecule has 0 aliphatic carbocycles. The molecule has 0 radical (unpaired) electrons. The van der Waals surface area contributed by atoms with Gasteiger partial charge in [-0.05, 0) is 68.7 Å². The topological polar surface area (TPSA) is 75.3 Å². The van der Waals surface area contributed by atoms with Gasteiger partial charge in [-0.1, -0.05) is 48.0 Å². The molecule has 1 amide bonds. The maximum Gasteiger partial charge on any atom is 0.261 e. The molecular weight excluding hydrogens is 396 g/mol. The second-order valence-electron chi connectivity index (χ2n) is 7.45. The molecular formula is C24H26N2O3S. The Labute approximate surface area is 178 Å². The third kappa shape index (κ3) is 4.71. The predicted octanol–water partition coefficient (Wildman–Crippen LogP) is 4.90. The van der Waals surface area contributed by atoms with E-state index in [9.17, 15) is 13.2 Å². The van der Waals surface area contributed by atoms with Crippen molar-refractivity contribution < 1.29 is 13.2 Å². The quantitative estimate of drug-likeness (QED) is 0.593. The SMILES string of the molecule is Cc1ccc(C(C)NC(=O)c2cccc(NS(=O)(=O)c3ccccc3)c2C)c(C)c1. The average Bonchev–Trinajstić information content (AvgIpc) is 2.70. The highest BCUT2D eigenvalue weighted by Gasteiger charge is 2.19. The fraction of sp³-hybridized carbons (Fsp3) is 0.208. The van der Waals surface area contributed by atoms with Crippen molar-refractivity contribution in [3.8, 4) is 0 Å². The molecule has 0 spiro atoms. The van der Waals surface area contributed by atoms with Crippen molar-refractivity contribution in [1.29, 1.82) is 0 Å². The van der Waals surface area contributed by atoms with Gasteiger partial charge in [0.15, 0.2) is 0 Å². The van der Waals surface area contributed by atoms with Gasteiger partial charge in [-0.25, -0.2) is 8.42 Å². The van der Waals surface area contributed by atoms with Gasteiger partial charge in [0, 0.05) is 5.56 Å². The molecule has 2 N–H and O–H groups in total. The third-order valence-corrected chi connectivity index (χ3v) is 6.50. The zero-order chi connectivity index (χ0) is 21.9. The van der Waals surface area contributed by atoms with Gasteiger partial charge in [0.2, 0.25) is 0 Å². The molecule has 0 saturated heterocycles. The number of benzene rings is 3. The smallest absolute Gasteiger partial charge is 0.261 e. The molecule has 0 fully saturated rings. The Bertz CT molecular complexity index is 1170. The second-order valence-corrected chi connectivity index (χ2v) is 9.13. The van der Waals surface area contributed by atoms with E-state index in [0.717, 1.165) is 11.1 Å². The first-order valence-corrected chi connectivity index (χ1v) is 11.2. The van der Waals surface area contributed by atoms with Crippen LogP contribution in [0.5, 0.6) is 0 Å². The number of rotatable bonds is 6. The van der Waals surface area contributed by atoms with Crippen LogP contribution in [0.25, 0.3) is 0 Å². The minimum Gasteiger partial charge on any atom is -0.345 e. The largest absolute Gasteiger partial charge is 0.345 e. The lowest BCUT2D eigenvalue weighted by atomic mass is 9.99. The van der Waals surface area contributed by atoms with Crippen LogP contribution in [-0.2, 0) is 10.0 Å². The van der Waals surface area contributed by atoms with Crippen LogP contribution in [0.1, 0.15) is 45.6 Å². The van der Waals surface area contributed by atoms with Crippen LogP contribution in [0.4, 0.5) is 5.69 Å². The Morgan fingerprint density at radius 1 is 0.900 bits per heavy atom. The summed E-state index contributed by atoms with van der Waals surface area (Å²) in [6.45, 7) is 7.73. The number of aryl methyl sites for hydroxylation is 2. The number of carbonyl (C=O) groups is 1. The molecule has 0 aromatic heterocycles. The summed E-state index contributed by atoms with van der Waals surface area (Å²) in [6.07, 6.45) is 0. The zero-order valence-corrected chi connectivity index (χ0v) is 18.4. The summed E-state index contributed by atoms with van der Waals surface area (Å²) in [5, 5.41) is 3.02. The summed E-state index contributed by atoms with van der Waals surface area (Å²) in [5.74, 6) is -0.249. The minimum absolute atomic E-state index is 0.169. The van der Waals surface area contributed by atoms with E-state index in [1.807, 2.05) is 32.9 Å². The van der Waals surface area contributed by atoms with Gasteiger partial charge in [-0.2, -0.15) is 0 Å². The van der Waals surface area contributed by atoms with Crippen molar-refractivity contribution in [3.63, 3.8) is 0 Å². The van der Waals surface area contributed by atoms with Crippen molar-refractivity contribution >= 4 is 21.6 Å². The molecule has 156 valence electrons. The fourth-order valence-corrected chi connectivity index (χ4v) is 4.60. The molecule has 3 aromatic carbocycles. The summed E-state index contributed by atoms with van der Waals surface area (Å²) < 4.78 is 27.9. The van der Waals surface area contributed by atoms with E-state index >= 15 is 0 Å². The lowest BCUT2D eigenvalue weighted by molar-refractivity contribution is 0.0939. The van der Waals surface area contributed by atoms with Gasteiger partial charge in [-0.15, -0.1) is 0 Å². The van der Waals surface area contributed by atoms with Crippen molar-refractivity contribution in [2.24, 2.45) is 0 Å². The van der Waals surface area contributed by atoms with Crippen LogP contribution in [0.2, 0.25) is 0 Å². The highest BCUT2D eigenvalue weighted by atomic mass is 32.2. The molecule has 5 nitrogen and oxygen atoms in total. The number of hydrogen-bond acceptors (Lipinski definition) is 3. The van der Waals surface area contributed by atoms with Crippen molar-refractivity contribution in [1.82, 2.24) is 5.32 Å². The maximum absolute atomic E-state index is 12.9. The summed E-state index contributed by atoms with van der Waals surface area (Å²) in [6, 6.07) is 19.1. The van der Waals surface area contributed by atoms with Gasteiger partial charge in [0.25, 0.3) is 15.9 Å². The van der Waals surface area contributed by atoms with E-state index < -0.39 is 10.0 Å². The van der Waals surface area contributed by atoms with Crippen LogP contribution in [0.3, 0.4) is 0 Å². The van der Waals surface area contributed by atoms with Gasteiger partial charge in [0.1, 0.15) is 0 Å². The second kappa shape index (κ2) is 8.71. The summed E-state index contributed by atoms with van der Waals surface area (Å²) in [5.41, 5.74) is 4.72. The van der Waals surface area contributed by atoms with Crippen LogP contribution >= 0.6 is 0 Å². The number of anilines is 1. The number of amides is 1. The summed E-state index contributed by atoms with van der Waals surface area (Å²) in [4.78, 5) is 13.1. The first kappa shape index (κ1) is 21.6. The molecule has 3 aromatic rings. The lowest BCUT2D eigenvalue weighted by Crippen LogP contribution is -2.28. The molecule has 3 rings (SSSR count). The Balaban J connectivity index is 1.83. The summed E-state index contributed by atoms with van der Waals surface area (Å²) >= 11 is 0. The van der Waals surface area contributed by atoms with E-state index in [2.05, 4.69) is 16.1 Å². The van der Waals surface area contributed by atoms with Crippen molar-refractivity contribution in [2.45, 2.75) is 38.6 Å². The maximum atomic E-state index is 12.9. The molecule has 1 unspecified atom stereocenters. The molecule has 1 atom stereocenters. The molecule has 0 heterocycles. The van der Waals surface area contributed by atoms with Crippen molar-refractivity contribution in [3.05, 3.63) is 94.5 Å². The highest BCUT2D eigenvalue weighted by Crippen LogP contribution is 2.24. The van der Waals surface area contributed by atoms with Gasteiger partial charge < -0.3 is 5.32 Å². The zero-order valence-electron chi connectivity index (χ0n) is 17.6. The normalized spacial score (nSPS) is 12.3. The van der Waals surface area contributed by atoms with E-state index in [4.69, 9.17) is 0 Å². The van der Waals surface area contributed by atoms with E-state index in [1.165, 1.54) is 17.7 Å². The van der Waals surface area contributed by atoms with E-state index in [-0.39, 0.29) is 16.8 Å². The molecule has 0 saturated carbocycles. The minimum atomic E-state index is -3.74. The monoisotopic (exact) mass is 422 g/mol. The Morgan fingerprint density at radius 2 is 1.60 bits per heavy atom. The standard InChI is InChI=1S/C24H26N2O3S/c1-16-13-14-21(17(2)15-16)19(4)25-24(27)22-11-8-12-23(18(22)3)26-30(28,29)20-9-6-5-7-10-20/h5-15,19,26H,1-4H3,(H,25,27). The van der Waals surface area contributed by atoms with E-state index in [1.54, 1.807) is 43.3 Å². The molecule has 0 aliphatic heterocycles. The first-order valence-electron chi connectivity index (χ1n) is 9.74. The Morgan fingerprint density at radius 3 is 2.27 bits per heavy atom. The highest BCUT2D eigenvalue weighted by molar-refractivity contribution is 7.92. The number of nitrogens with one attached hydrogen (secondary N) is 2. The van der Waals surface area contributed by atoms with Crippen LogP contribution in [0.15, 0.2) is 71.6 Å². The van der Waals surface area contributed by atoms with Gasteiger partial charge in [-0.3, -0.25) is 9.52 Å². The number of hydrogen-bond donors (Lipinski definition) is 2. The Hall–Kier alpha value is -3.12. The van der Waals surface area contributed by atoms with Crippen LogP contribution in [0, 0.1) is 20.8 Å². The van der Waals surface area contributed by atoms with Crippen LogP contribution < -0.4 is 10.0 Å². The molecule has 30 heavy (non-hydrogen) atoms. The number of sulfonamides is 1. The number of carbonyl (C=O) groups excluding carboxylic acids is 1. The molecule has 6 heteroatoms. The lowest BCUT2D eigenvalue weighted by Gasteiger charge is -2.19. The predicted molar refractivity (Wildman–Crippen MR) is 120 cm³/mol. The fourth-order valence-electron chi connectivity index (χ4n) is 3.46. The van der Waals surface area contributed by atoms with Crippen LogP contribution in [-0.4, -0.2) is 14.3 Å². The molecule has 0 aliphatic rings. The molecule has 0 bridgehead atoms. The third-order valence-electron chi connectivity index (χ3n) is 5.12. The summed E-state index contributed by atoms with van der Waals surface area (Å²) in [7, 11) is -3.74. The van der Waals surface area contributed by atoms with Crippen molar-refractivity contribution in [2.75, 3.05) is 4.72 Å².